The van der Waals surface area contributed by atoms with E-state index in [0.29, 0.717) is 0 Å². The van der Waals surface area contributed by atoms with Gasteiger partial charge in [0.2, 0.25) is 0 Å². The van der Waals surface area contributed by atoms with Crippen LogP contribution in [0.25, 0.3) is 0 Å². The van der Waals surface area contributed by atoms with Crippen LogP contribution in [0.4, 0.5) is 13.2 Å². The minimum atomic E-state index is -4.48. The van der Waals surface area contributed by atoms with Crippen molar-refractivity contribution in [3.63, 3.8) is 0 Å². The van der Waals surface area contributed by atoms with Crippen LogP contribution in [-0.4, -0.2) is 11.7 Å². The summed E-state index contributed by atoms with van der Waals surface area (Å²) in [6.45, 7) is 0. The van der Waals surface area contributed by atoms with Crippen LogP contribution in [-0.2, 0) is 6.18 Å². The number of ketones is 1. The Kier molecular flexibility index (Phi) is 4.48. The number of halogens is 6. The number of carbonyl (C=O) groups is 1. The van der Waals surface area contributed by atoms with Gasteiger partial charge in [-0.3, -0.25) is 4.79 Å². The van der Waals surface area contributed by atoms with E-state index in [4.69, 9.17) is 23.2 Å². The van der Waals surface area contributed by atoms with E-state index in [-0.39, 0.29) is 20.0 Å². The van der Waals surface area contributed by atoms with Crippen LogP contribution in [0.15, 0.2) is 12.1 Å². The van der Waals surface area contributed by atoms with Crippen LogP contribution in [0.3, 0.4) is 0 Å². The summed E-state index contributed by atoms with van der Waals surface area (Å²) >= 11 is 12.5. The lowest BCUT2D eigenvalue weighted by molar-refractivity contribution is -0.138. The summed E-state index contributed by atoms with van der Waals surface area (Å²) in [6, 6.07) is 1.87. The van der Waals surface area contributed by atoms with Crippen LogP contribution in [0.5, 0.6) is 0 Å². The quantitative estimate of drug-likeness (QED) is 0.421. The molecule has 0 spiro atoms. The number of alkyl halides is 4. The molecule has 0 N–H and O–H groups in total. The number of benzene rings is 1. The maximum atomic E-state index is 12.5. The van der Waals surface area contributed by atoms with Gasteiger partial charge in [0.15, 0.2) is 5.78 Å². The van der Waals surface area contributed by atoms with Gasteiger partial charge < -0.3 is 0 Å². The number of rotatable bonds is 2. The average Bonchev–Trinajstić information content (AvgIpc) is 2.19. The third-order valence-electron chi connectivity index (χ3n) is 1.81. The topological polar surface area (TPSA) is 17.1 Å². The Morgan fingerprint density at radius 2 is 1.94 bits per heavy atom. The molecule has 0 aliphatic carbocycles. The third-order valence-corrected chi connectivity index (χ3v) is 3.88. The van der Waals surface area contributed by atoms with Gasteiger partial charge in [-0.2, -0.15) is 13.2 Å². The molecule has 0 fully saturated rings. The Labute approximate surface area is 113 Å². The van der Waals surface area contributed by atoms with Crippen molar-refractivity contribution in [2.24, 2.45) is 0 Å². The molecular weight excluding hydrogens is 379 g/mol. The molecule has 0 bridgehead atoms. The van der Waals surface area contributed by atoms with Gasteiger partial charge in [-0.15, -0.1) is 11.6 Å². The SMILES string of the molecule is O=C(CCl)c1ccc(C(F)(F)F)c(I)c1Cl. The zero-order valence-electron chi connectivity index (χ0n) is 7.54. The molecule has 7 heteroatoms. The summed E-state index contributed by atoms with van der Waals surface area (Å²) in [5.74, 6) is -0.820. The fourth-order valence-corrected chi connectivity index (χ4v) is 2.25. The van der Waals surface area contributed by atoms with Gasteiger partial charge in [-0.25, -0.2) is 0 Å². The summed E-state index contributed by atoms with van der Waals surface area (Å²) in [4.78, 5) is 11.2. The van der Waals surface area contributed by atoms with E-state index in [9.17, 15) is 18.0 Å². The van der Waals surface area contributed by atoms with Gasteiger partial charge in [-0.1, -0.05) is 11.6 Å². The lowest BCUT2D eigenvalue weighted by atomic mass is 10.1. The average molecular weight is 383 g/mol. The van der Waals surface area contributed by atoms with E-state index in [0.717, 1.165) is 12.1 Å². The number of hydrogen-bond donors (Lipinski definition) is 0. The fraction of sp³-hybridized carbons (Fsp3) is 0.222. The monoisotopic (exact) mass is 382 g/mol. The number of hydrogen-bond acceptors (Lipinski definition) is 1. The Morgan fingerprint density at radius 1 is 1.38 bits per heavy atom. The zero-order chi connectivity index (χ0) is 12.5. The lowest BCUT2D eigenvalue weighted by Crippen LogP contribution is -2.10. The van der Waals surface area contributed by atoms with Crippen molar-refractivity contribution in [1.82, 2.24) is 0 Å². The van der Waals surface area contributed by atoms with Crippen molar-refractivity contribution in [3.05, 3.63) is 31.9 Å². The van der Waals surface area contributed by atoms with Crippen molar-refractivity contribution in [2.45, 2.75) is 6.18 Å². The van der Waals surface area contributed by atoms with E-state index in [1.165, 1.54) is 22.6 Å². The molecule has 0 atom stereocenters. The highest BCUT2D eigenvalue weighted by Gasteiger charge is 2.34. The molecule has 1 aromatic rings. The molecule has 16 heavy (non-hydrogen) atoms. The summed E-state index contributed by atoms with van der Waals surface area (Å²) in [5.41, 5.74) is -0.849. The first-order valence-electron chi connectivity index (χ1n) is 3.93. The maximum absolute atomic E-state index is 12.5. The smallest absolute Gasteiger partial charge is 0.293 e. The first-order valence-corrected chi connectivity index (χ1v) is 5.92. The zero-order valence-corrected chi connectivity index (χ0v) is 11.2. The van der Waals surface area contributed by atoms with Crippen molar-refractivity contribution in [1.29, 1.82) is 0 Å². The molecule has 0 aliphatic rings. The van der Waals surface area contributed by atoms with E-state index >= 15 is 0 Å². The minimum Gasteiger partial charge on any atom is -0.293 e. The molecule has 0 saturated carbocycles. The second-order valence-electron chi connectivity index (χ2n) is 2.84. The van der Waals surface area contributed by atoms with Gasteiger partial charge in [0.05, 0.1) is 16.5 Å². The summed E-state index contributed by atoms with van der Waals surface area (Å²) < 4.78 is 37.2. The van der Waals surface area contributed by atoms with Crippen molar-refractivity contribution >= 4 is 51.6 Å². The summed E-state index contributed by atoms with van der Waals surface area (Å²) in [7, 11) is 0. The molecular formula is C9H4Cl2F3IO. The highest BCUT2D eigenvalue weighted by molar-refractivity contribution is 14.1. The number of Topliss-reactive ketones (excluding diaryl/α,β-unsaturated/α-hetero) is 1. The highest BCUT2D eigenvalue weighted by atomic mass is 127. The van der Waals surface area contributed by atoms with Gasteiger partial charge >= 0.3 is 6.18 Å². The normalized spacial score (nSPS) is 11.6. The predicted molar refractivity (Wildman–Crippen MR) is 64.2 cm³/mol. The van der Waals surface area contributed by atoms with Crippen LogP contribution >= 0.6 is 45.8 Å². The summed E-state index contributed by atoms with van der Waals surface area (Å²) in [5, 5.41) is -0.207. The van der Waals surface area contributed by atoms with Crippen molar-refractivity contribution in [3.8, 4) is 0 Å². The largest absolute Gasteiger partial charge is 0.417 e. The Bertz CT molecular complexity index is 431. The molecule has 0 aromatic heterocycles. The van der Waals surface area contributed by atoms with E-state index in [2.05, 4.69) is 0 Å². The molecule has 88 valence electrons. The lowest BCUT2D eigenvalue weighted by Gasteiger charge is -2.12. The number of carbonyl (C=O) groups excluding carboxylic acids is 1. The highest BCUT2D eigenvalue weighted by Crippen LogP contribution is 2.37. The molecule has 1 aromatic carbocycles. The standard InChI is InChI=1S/C9H4Cl2F3IO/c10-3-6(16)4-1-2-5(9(12,13)14)8(15)7(4)11/h1-2H,3H2. The molecule has 1 nitrogen and oxygen atoms in total. The molecule has 0 amide bonds. The maximum Gasteiger partial charge on any atom is 0.417 e. The van der Waals surface area contributed by atoms with Crippen molar-refractivity contribution in [2.75, 3.05) is 5.88 Å². The minimum absolute atomic E-state index is 0.00840. The molecule has 0 aliphatic heterocycles. The first kappa shape index (κ1) is 14.1. The van der Waals surface area contributed by atoms with Gasteiger partial charge in [0.25, 0.3) is 0 Å². The Balaban J connectivity index is 3.35. The van der Waals surface area contributed by atoms with Crippen LogP contribution in [0, 0.1) is 3.57 Å². The van der Waals surface area contributed by atoms with Gasteiger partial charge in [-0.05, 0) is 34.7 Å². The second kappa shape index (κ2) is 5.10. The molecule has 0 unspecified atom stereocenters. The van der Waals surface area contributed by atoms with Crippen molar-refractivity contribution < 1.29 is 18.0 Å². The van der Waals surface area contributed by atoms with E-state index in [1.807, 2.05) is 0 Å². The first-order chi connectivity index (χ1) is 7.29. The van der Waals surface area contributed by atoms with Gasteiger partial charge in [0.1, 0.15) is 0 Å². The predicted octanol–water partition coefficient (Wildman–Crippen LogP) is 4.38. The second-order valence-corrected chi connectivity index (χ2v) is 4.57. The Hall–Kier alpha value is -0.0100. The van der Waals surface area contributed by atoms with Crippen LogP contribution < -0.4 is 0 Å². The van der Waals surface area contributed by atoms with Gasteiger partial charge in [0, 0.05) is 9.13 Å². The van der Waals surface area contributed by atoms with Crippen LogP contribution in [0.1, 0.15) is 15.9 Å². The Morgan fingerprint density at radius 3 is 2.38 bits per heavy atom. The molecule has 0 saturated heterocycles. The van der Waals surface area contributed by atoms with E-state index < -0.39 is 17.5 Å². The summed E-state index contributed by atoms with van der Waals surface area (Å²) in [6.07, 6.45) is -4.48. The molecule has 0 heterocycles. The third kappa shape index (κ3) is 2.81. The fourth-order valence-electron chi connectivity index (χ4n) is 1.06. The molecule has 1 rings (SSSR count). The molecule has 0 radical (unpaired) electrons. The van der Waals surface area contributed by atoms with Crippen LogP contribution in [0.2, 0.25) is 5.02 Å². The van der Waals surface area contributed by atoms with E-state index in [1.54, 1.807) is 0 Å².